The molecular weight excluding hydrogens is 208 g/mol. The van der Waals surface area contributed by atoms with Crippen molar-refractivity contribution in [3.8, 4) is 0 Å². The van der Waals surface area contributed by atoms with Crippen LogP contribution in [0.3, 0.4) is 0 Å². The van der Waals surface area contributed by atoms with Crippen molar-refractivity contribution in [2.75, 3.05) is 0 Å². The second-order valence-electron chi connectivity index (χ2n) is 3.03. The minimum absolute atomic E-state index is 0.0806. The van der Waals surface area contributed by atoms with E-state index in [0.29, 0.717) is 12.5 Å². The number of allylic oxidation sites excluding steroid dienone is 2. The topological polar surface area (TPSA) is 0 Å². The molecule has 0 nitrogen and oxygen atoms in total. The molecule has 0 heterocycles. The van der Waals surface area contributed by atoms with Gasteiger partial charge in [-0.25, -0.2) is 17.6 Å². The lowest BCUT2D eigenvalue weighted by Gasteiger charge is -2.03. The van der Waals surface area contributed by atoms with Gasteiger partial charge in [-0.2, -0.15) is 0 Å². The molecule has 4 heteroatoms. The molecule has 1 aromatic carbocycles. The summed E-state index contributed by atoms with van der Waals surface area (Å²) in [6.45, 7) is 1.86. The molecule has 0 aliphatic heterocycles. The average molecular weight is 218 g/mol. The molecule has 0 bridgehead atoms. The van der Waals surface area contributed by atoms with Gasteiger partial charge < -0.3 is 0 Å². The fourth-order valence-corrected chi connectivity index (χ4v) is 1.16. The maximum absolute atomic E-state index is 13.1. The lowest BCUT2D eigenvalue weighted by Crippen LogP contribution is -2.01. The number of rotatable bonds is 3. The molecule has 0 atom stereocenters. The molecular formula is C11H10F4. The Kier molecular flexibility index (Phi) is 3.88. The maximum atomic E-state index is 13.1. The van der Waals surface area contributed by atoms with Crippen LogP contribution in [0, 0.1) is 23.3 Å². The molecule has 0 aliphatic carbocycles. The van der Waals surface area contributed by atoms with E-state index in [2.05, 4.69) is 0 Å². The van der Waals surface area contributed by atoms with Crippen LogP contribution in [0.5, 0.6) is 0 Å². The lowest BCUT2D eigenvalue weighted by molar-refractivity contribution is 0.427. The Labute approximate surface area is 85.2 Å². The number of hydrogen-bond acceptors (Lipinski definition) is 0. The Morgan fingerprint density at radius 3 is 2.27 bits per heavy atom. The first kappa shape index (κ1) is 11.8. The highest BCUT2D eigenvalue weighted by atomic mass is 19.2. The second-order valence-corrected chi connectivity index (χ2v) is 3.03. The van der Waals surface area contributed by atoms with E-state index in [9.17, 15) is 17.6 Å². The largest absolute Gasteiger partial charge is 0.206 e. The van der Waals surface area contributed by atoms with Gasteiger partial charge in [-0.3, -0.25) is 0 Å². The van der Waals surface area contributed by atoms with Gasteiger partial charge in [0.2, 0.25) is 0 Å². The SMILES string of the molecule is CC/C=C/Cc1c(F)cc(F)c(F)c1F. The van der Waals surface area contributed by atoms with E-state index < -0.39 is 28.8 Å². The van der Waals surface area contributed by atoms with Crippen molar-refractivity contribution < 1.29 is 17.6 Å². The molecule has 0 spiro atoms. The van der Waals surface area contributed by atoms with Crippen molar-refractivity contribution >= 4 is 0 Å². The van der Waals surface area contributed by atoms with Crippen LogP contribution in [0.2, 0.25) is 0 Å². The van der Waals surface area contributed by atoms with Gasteiger partial charge in [-0.1, -0.05) is 19.1 Å². The van der Waals surface area contributed by atoms with E-state index in [0.717, 1.165) is 0 Å². The van der Waals surface area contributed by atoms with E-state index in [-0.39, 0.29) is 6.42 Å². The molecule has 0 aromatic heterocycles. The highest BCUT2D eigenvalue weighted by Gasteiger charge is 2.17. The Balaban J connectivity index is 3.07. The fraction of sp³-hybridized carbons (Fsp3) is 0.273. The van der Waals surface area contributed by atoms with Gasteiger partial charge in [-0.15, -0.1) is 0 Å². The van der Waals surface area contributed by atoms with Crippen molar-refractivity contribution in [1.82, 2.24) is 0 Å². The van der Waals surface area contributed by atoms with Crippen LogP contribution in [0.4, 0.5) is 17.6 Å². The summed E-state index contributed by atoms with van der Waals surface area (Å²) in [5, 5.41) is 0. The van der Waals surface area contributed by atoms with Gasteiger partial charge in [0, 0.05) is 11.6 Å². The maximum Gasteiger partial charge on any atom is 0.194 e. The molecule has 0 fully saturated rings. The summed E-state index contributed by atoms with van der Waals surface area (Å²) in [5.74, 6) is -5.65. The summed E-state index contributed by atoms with van der Waals surface area (Å²) in [6, 6.07) is 0.355. The fourth-order valence-electron chi connectivity index (χ4n) is 1.16. The summed E-state index contributed by atoms with van der Waals surface area (Å²) in [6.07, 6.45) is 3.84. The summed E-state index contributed by atoms with van der Waals surface area (Å²) >= 11 is 0. The Bertz CT molecular complexity index is 383. The van der Waals surface area contributed by atoms with Crippen LogP contribution in [-0.4, -0.2) is 0 Å². The molecule has 0 amide bonds. The molecule has 1 rings (SSSR count). The number of benzene rings is 1. The summed E-state index contributed by atoms with van der Waals surface area (Å²) < 4.78 is 51.4. The van der Waals surface area contributed by atoms with Gasteiger partial charge in [0.25, 0.3) is 0 Å². The summed E-state index contributed by atoms with van der Waals surface area (Å²) in [7, 11) is 0. The van der Waals surface area contributed by atoms with Crippen molar-refractivity contribution in [2.45, 2.75) is 19.8 Å². The lowest BCUT2D eigenvalue weighted by atomic mass is 10.1. The molecule has 15 heavy (non-hydrogen) atoms. The number of halogens is 4. The third-order valence-electron chi connectivity index (χ3n) is 1.93. The van der Waals surface area contributed by atoms with Crippen molar-refractivity contribution in [3.05, 3.63) is 47.1 Å². The standard InChI is InChI=1S/C11H10F4/c1-2-3-4-5-7-8(12)6-9(13)11(15)10(7)14/h3-4,6H,2,5H2,1H3/b4-3+. The molecule has 0 saturated carbocycles. The highest BCUT2D eigenvalue weighted by molar-refractivity contribution is 5.24. The normalized spacial score (nSPS) is 11.3. The molecule has 1 aromatic rings. The third kappa shape index (κ3) is 2.58. The molecule has 82 valence electrons. The minimum atomic E-state index is -1.63. The van der Waals surface area contributed by atoms with Crippen molar-refractivity contribution in [3.63, 3.8) is 0 Å². The second kappa shape index (κ2) is 4.96. The van der Waals surface area contributed by atoms with Crippen molar-refractivity contribution in [1.29, 1.82) is 0 Å². The van der Waals surface area contributed by atoms with Gasteiger partial charge in [0.15, 0.2) is 17.5 Å². The first-order valence-corrected chi connectivity index (χ1v) is 4.54. The Hall–Kier alpha value is -1.32. The van der Waals surface area contributed by atoms with Crippen LogP contribution in [0.15, 0.2) is 18.2 Å². The monoisotopic (exact) mass is 218 g/mol. The minimum Gasteiger partial charge on any atom is -0.206 e. The van der Waals surface area contributed by atoms with Crippen LogP contribution in [0.25, 0.3) is 0 Å². The first-order chi connectivity index (χ1) is 7.07. The molecule has 0 aliphatic rings. The van der Waals surface area contributed by atoms with Gasteiger partial charge in [-0.05, 0) is 12.8 Å². The van der Waals surface area contributed by atoms with Crippen LogP contribution in [0.1, 0.15) is 18.9 Å². The predicted molar refractivity (Wildman–Crippen MR) is 49.4 cm³/mol. The molecule has 0 N–H and O–H groups in total. The van der Waals surface area contributed by atoms with Crippen LogP contribution in [-0.2, 0) is 6.42 Å². The molecule has 0 saturated heterocycles. The quantitative estimate of drug-likeness (QED) is 0.313. The predicted octanol–water partition coefficient (Wildman–Crippen LogP) is 3.75. The van der Waals surface area contributed by atoms with E-state index in [1.54, 1.807) is 6.08 Å². The van der Waals surface area contributed by atoms with Gasteiger partial charge >= 0.3 is 0 Å². The van der Waals surface area contributed by atoms with E-state index in [1.165, 1.54) is 6.08 Å². The van der Waals surface area contributed by atoms with E-state index >= 15 is 0 Å². The first-order valence-electron chi connectivity index (χ1n) is 4.54. The van der Waals surface area contributed by atoms with Gasteiger partial charge in [0.05, 0.1) is 0 Å². The average Bonchev–Trinajstić information content (AvgIpc) is 2.20. The third-order valence-corrected chi connectivity index (χ3v) is 1.93. The Morgan fingerprint density at radius 1 is 1.00 bits per heavy atom. The van der Waals surface area contributed by atoms with E-state index in [4.69, 9.17) is 0 Å². The van der Waals surface area contributed by atoms with Crippen molar-refractivity contribution in [2.24, 2.45) is 0 Å². The van der Waals surface area contributed by atoms with Crippen LogP contribution >= 0.6 is 0 Å². The Morgan fingerprint density at radius 2 is 1.67 bits per heavy atom. The molecule has 0 radical (unpaired) electrons. The van der Waals surface area contributed by atoms with Crippen LogP contribution < -0.4 is 0 Å². The highest BCUT2D eigenvalue weighted by Crippen LogP contribution is 2.19. The zero-order valence-electron chi connectivity index (χ0n) is 8.16. The molecule has 0 unspecified atom stereocenters. The number of hydrogen-bond donors (Lipinski definition) is 0. The van der Waals surface area contributed by atoms with E-state index in [1.807, 2.05) is 6.92 Å². The smallest absolute Gasteiger partial charge is 0.194 e. The summed E-state index contributed by atoms with van der Waals surface area (Å²) in [5.41, 5.74) is -0.446. The zero-order chi connectivity index (χ0) is 11.4. The van der Waals surface area contributed by atoms with Gasteiger partial charge in [0.1, 0.15) is 5.82 Å². The zero-order valence-corrected chi connectivity index (χ0v) is 8.16. The summed E-state index contributed by atoms with van der Waals surface area (Å²) in [4.78, 5) is 0.